The molecule has 0 fully saturated rings. The molecule has 6 nitrogen and oxygen atoms in total. The molecule has 0 saturated heterocycles. The van der Waals surface area contributed by atoms with Crippen molar-refractivity contribution in [3.05, 3.63) is 54.1 Å². The van der Waals surface area contributed by atoms with Crippen LogP contribution in [0.4, 0.5) is 0 Å². The average Bonchev–Trinajstić information content (AvgIpc) is 3.07. The Labute approximate surface area is 115 Å². The minimum Gasteiger partial charge on any atom is -0.463 e. The molecule has 1 aromatic carbocycles. The van der Waals surface area contributed by atoms with Crippen molar-refractivity contribution in [3.63, 3.8) is 0 Å². The number of hydrogen-bond acceptors (Lipinski definition) is 4. The molecule has 0 aliphatic carbocycles. The van der Waals surface area contributed by atoms with E-state index in [-0.39, 0.29) is 12.5 Å². The van der Waals surface area contributed by atoms with Crippen molar-refractivity contribution in [1.29, 1.82) is 0 Å². The van der Waals surface area contributed by atoms with E-state index in [4.69, 9.17) is 4.74 Å². The SMILES string of the molecule is CCOC(=O)C1(n2ccnc2)NC(=O)c2ccccc21. The van der Waals surface area contributed by atoms with Crippen LogP contribution in [0.3, 0.4) is 0 Å². The first-order valence-electron chi connectivity index (χ1n) is 6.28. The third kappa shape index (κ3) is 1.54. The van der Waals surface area contributed by atoms with Crippen LogP contribution in [-0.4, -0.2) is 28.0 Å². The molecule has 1 N–H and O–H groups in total. The lowest BCUT2D eigenvalue weighted by Crippen LogP contribution is -2.52. The summed E-state index contributed by atoms with van der Waals surface area (Å²) in [5, 5.41) is 2.73. The average molecular weight is 271 g/mol. The number of benzene rings is 1. The van der Waals surface area contributed by atoms with Crippen molar-refractivity contribution >= 4 is 11.9 Å². The van der Waals surface area contributed by atoms with Gasteiger partial charge in [0.1, 0.15) is 0 Å². The van der Waals surface area contributed by atoms with Crippen LogP contribution in [0.25, 0.3) is 0 Å². The number of imidazole rings is 1. The summed E-state index contributed by atoms with van der Waals surface area (Å²) in [7, 11) is 0. The number of ether oxygens (including phenoxy) is 1. The van der Waals surface area contributed by atoms with E-state index in [0.717, 1.165) is 0 Å². The summed E-state index contributed by atoms with van der Waals surface area (Å²) < 4.78 is 6.71. The van der Waals surface area contributed by atoms with E-state index in [1.807, 2.05) is 0 Å². The zero-order valence-electron chi connectivity index (χ0n) is 10.9. The molecule has 6 heteroatoms. The lowest BCUT2D eigenvalue weighted by molar-refractivity contribution is -0.152. The zero-order chi connectivity index (χ0) is 14.2. The van der Waals surface area contributed by atoms with Crippen molar-refractivity contribution in [2.45, 2.75) is 12.6 Å². The second-order valence-corrected chi connectivity index (χ2v) is 4.40. The van der Waals surface area contributed by atoms with Crippen LogP contribution in [0, 0.1) is 0 Å². The fourth-order valence-corrected chi connectivity index (χ4v) is 2.46. The first-order chi connectivity index (χ1) is 9.70. The number of carbonyl (C=O) groups excluding carboxylic acids is 2. The molecule has 1 atom stereocenters. The second kappa shape index (κ2) is 4.48. The van der Waals surface area contributed by atoms with Gasteiger partial charge in [-0.2, -0.15) is 0 Å². The van der Waals surface area contributed by atoms with Crippen molar-refractivity contribution in [3.8, 4) is 0 Å². The molecular formula is C14H13N3O3. The summed E-state index contributed by atoms with van der Waals surface area (Å²) in [5.41, 5.74) is -0.337. The maximum Gasteiger partial charge on any atom is 0.358 e. The molecule has 20 heavy (non-hydrogen) atoms. The van der Waals surface area contributed by atoms with Gasteiger partial charge in [-0.1, -0.05) is 18.2 Å². The molecule has 0 saturated carbocycles. The van der Waals surface area contributed by atoms with Gasteiger partial charge in [0.25, 0.3) is 5.91 Å². The minimum absolute atomic E-state index is 0.229. The summed E-state index contributed by atoms with van der Waals surface area (Å²) in [6.07, 6.45) is 4.66. The van der Waals surface area contributed by atoms with Crippen molar-refractivity contribution < 1.29 is 14.3 Å². The van der Waals surface area contributed by atoms with Crippen molar-refractivity contribution in [2.24, 2.45) is 0 Å². The number of rotatable bonds is 3. The topological polar surface area (TPSA) is 73.2 Å². The van der Waals surface area contributed by atoms with E-state index in [1.165, 1.54) is 6.33 Å². The third-order valence-corrected chi connectivity index (χ3v) is 3.32. The van der Waals surface area contributed by atoms with Gasteiger partial charge in [0.15, 0.2) is 0 Å². The minimum atomic E-state index is -1.37. The van der Waals surface area contributed by atoms with E-state index in [2.05, 4.69) is 10.3 Å². The van der Waals surface area contributed by atoms with E-state index in [1.54, 1.807) is 48.1 Å². The lowest BCUT2D eigenvalue weighted by atomic mass is 9.98. The van der Waals surface area contributed by atoms with Gasteiger partial charge in [0.05, 0.1) is 12.9 Å². The molecule has 1 aliphatic rings. The van der Waals surface area contributed by atoms with Crippen LogP contribution in [0.1, 0.15) is 22.8 Å². The quantitative estimate of drug-likeness (QED) is 0.841. The summed E-state index contributed by atoms with van der Waals surface area (Å²) in [6.45, 7) is 1.95. The van der Waals surface area contributed by atoms with E-state index < -0.39 is 11.6 Å². The highest BCUT2D eigenvalue weighted by Crippen LogP contribution is 2.33. The number of nitrogens with one attached hydrogen (secondary N) is 1. The monoisotopic (exact) mass is 271 g/mol. The number of fused-ring (bicyclic) bond motifs is 1. The summed E-state index contributed by atoms with van der Waals surface area (Å²) in [4.78, 5) is 28.6. The smallest absolute Gasteiger partial charge is 0.358 e. The van der Waals surface area contributed by atoms with Crippen LogP contribution in [-0.2, 0) is 15.2 Å². The summed E-state index contributed by atoms with van der Waals surface area (Å²) in [5.74, 6) is -0.835. The van der Waals surface area contributed by atoms with E-state index in [0.29, 0.717) is 11.1 Å². The van der Waals surface area contributed by atoms with Gasteiger partial charge in [-0.15, -0.1) is 0 Å². The maximum absolute atomic E-state index is 12.5. The molecule has 102 valence electrons. The highest BCUT2D eigenvalue weighted by Gasteiger charge is 2.51. The van der Waals surface area contributed by atoms with Gasteiger partial charge in [-0.25, -0.2) is 9.78 Å². The number of esters is 1. The first kappa shape index (κ1) is 12.4. The van der Waals surface area contributed by atoms with Crippen LogP contribution < -0.4 is 5.32 Å². The number of carbonyl (C=O) groups is 2. The number of amides is 1. The Hall–Kier alpha value is -2.63. The molecule has 1 amide bonds. The van der Waals surface area contributed by atoms with Gasteiger partial charge < -0.3 is 14.6 Å². The molecule has 0 spiro atoms. The fourth-order valence-electron chi connectivity index (χ4n) is 2.46. The fraction of sp³-hybridized carbons (Fsp3) is 0.214. The molecule has 2 heterocycles. The Bertz CT molecular complexity index is 666. The van der Waals surface area contributed by atoms with Gasteiger partial charge in [0.2, 0.25) is 5.66 Å². The Morgan fingerprint density at radius 3 is 2.95 bits per heavy atom. The predicted octanol–water partition coefficient (Wildman–Crippen LogP) is 0.891. The second-order valence-electron chi connectivity index (χ2n) is 4.40. The number of hydrogen-bond donors (Lipinski definition) is 1. The van der Waals surface area contributed by atoms with Crippen LogP contribution in [0.15, 0.2) is 43.0 Å². The van der Waals surface area contributed by atoms with Gasteiger partial charge in [-0.05, 0) is 13.0 Å². The molecular weight excluding hydrogens is 258 g/mol. The standard InChI is InChI=1S/C14H13N3O3/c1-2-20-13(19)14(17-8-7-15-9-17)11-6-4-3-5-10(11)12(18)16-14/h3-9H,2H2,1H3,(H,16,18). The normalized spacial score (nSPS) is 20.4. The first-order valence-corrected chi connectivity index (χ1v) is 6.28. The maximum atomic E-state index is 12.5. The molecule has 1 aromatic heterocycles. The number of nitrogens with zero attached hydrogens (tertiary/aromatic N) is 2. The summed E-state index contributed by atoms with van der Waals surface area (Å²) in [6, 6.07) is 6.96. The van der Waals surface area contributed by atoms with Gasteiger partial charge in [-0.3, -0.25) is 4.79 Å². The molecule has 3 rings (SSSR count). The lowest BCUT2D eigenvalue weighted by Gasteiger charge is -2.29. The largest absolute Gasteiger partial charge is 0.463 e. The molecule has 2 aromatic rings. The predicted molar refractivity (Wildman–Crippen MR) is 69.8 cm³/mol. The van der Waals surface area contributed by atoms with E-state index >= 15 is 0 Å². The van der Waals surface area contributed by atoms with Crippen LogP contribution in [0.5, 0.6) is 0 Å². The molecule has 1 unspecified atom stereocenters. The molecule has 1 aliphatic heterocycles. The zero-order valence-corrected chi connectivity index (χ0v) is 10.9. The van der Waals surface area contributed by atoms with Crippen LogP contribution in [0.2, 0.25) is 0 Å². The van der Waals surface area contributed by atoms with Crippen molar-refractivity contribution in [2.75, 3.05) is 6.61 Å². The molecule has 0 bridgehead atoms. The third-order valence-electron chi connectivity index (χ3n) is 3.32. The Kier molecular flexibility index (Phi) is 2.78. The Balaban J connectivity index is 2.24. The van der Waals surface area contributed by atoms with Crippen LogP contribution >= 0.6 is 0 Å². The Morgan fingerprint density at radius 2 is 2.25 bits per heavy atom. The Morgan fingerprint density at radius 1 is 1.45 bits per heavy atom. The van der Waals surface area contributed by atoms with Crippen molar-refractivity contribution in [1.82, 2.24) is 14.9 Å². The van der Waals surface area contributed by atoms with E-state index in [9.17, 15) is 9.59 Å². The summed E-state index contributed by atoms with van der Waals surface area (Å²) >= 11 is 0. The number of aromatic nitrogens is 2. The van der Waals surface area contributed by atoms with Gasteiger partial charge >= 0.3 is 5.97 Å². The highest BCUT2D eigenvalue weighted by molar-refractivity contribution is 6.05. The van der Waals surface area contributed by atoms with Gasteiger partial charge in [0, 0.05) is 23.5 Å². The highest BCUT2D eigenvalue weighted by atomic mass is 16.5. The molecule has 0 radical (unpaired) electrons.